The van der Waals surface area contributed by atoms with Crippen molar-refractivity contribution in [1.82, 2.24) is 0 Å². The second-order valence-electron chi connectivity index (χ2n) is 11.3. The van der Waals surface area contributed by atoms with E-state index in [1.807, 2.05) is 6.08 Å². The smallest absolute Gasteiger partial charge is 0.396 e. The predicted molar refractivity (Wildman–Crippen MR) is 173 cm³/mol. The van der Waals surface area contributed by atoms with E-state index in [1.165, 1.54) is 27.9 Å². The first-order chi connectivity index (χ1) is 18.3. The number of rotatable bonds is 13. The number of allylic oxidation sites excluding steroid dienone is 6. The van der Waals surface area contributed by atoms with Gasteiger partial charge in [0.15, 0.2) is 0 Å². The zero-order valence-corrected chi connectivity index (χ0v) is 29.3. The van der Waals surface area contributed by atoms with Crippen molar-refractivity contribution < 1.29 is 27.1 Å². The summed E-state index contributed by atoms with van der Waals surface area (Å²) >= 11 is 2.45. The summed E-state index contributed by atoms with van der Waals surface area (Å²) in [5, 5.41) is 0. The Bertz CT molecular complexity index is 931. The second kappa shape index (κ2) is 15.9. The van der Waals surface area contributed by atoms with Crippen molar-refractivity contribution in [3.05, 3.63) is 58.9 Å². The number of halogens is 1. The van der Waals surface area contributed by atoms with Crippen LogP contribution in [0.2, 0.25) is 0 Å². The Kier molecular flexibility index (Phi) is 14.3. The largest absolute Gasteiger partial charge is 0.435 e. The number of hydrogen-bond acceptors (Lipinski definition) is 6. The molecule has 2 heterocycles. The van der Waals surface area contributed by atoms with E-state index in [0.29, 0.717) is 33.0 Å². The maximum absolute atomic E-state index is 6.16. The van der Waals surface area contributed by atoms with Crippen LogP contribution in [0.25, 0.3) is 0 Å². The van der Waals surface area contributed by atoms with E-state index in [2.05, 4.69) is 104 Å². The molecule has 0 amide bonds. The van der Waals surface area contributed by atoms with Crippen LogP contribution in [0.15, 0.2) is 58.9 Å². The van der Waals surface area contributed by atoms with Crippen LogP contribution < -0.4 is 0 Å². The first kappa shape index (κ1) is 35.1. The molecule has 0 aromatic rings. The van der Waals surface area contributed by atoms with E-state index in [0.717, 1.165) is 19.3 Å². The van der Waals surface area contributed by atoms with E-state index in [9.17, 15) is 0 Å². The first-order valence-electron chi connectivity index (χ1n) is 13.7. The van der Waals surface area contributed by atoms with Gasteiger partial charge in [-0.1, -0.05) is 85.2 Å². The Labute approximate surface area is 253 Å². The average Bonchev–Trinajstić information content (AvgIpc) is 2.90. The van der Waals surface area contributed by atoms with Gasteiger partial charge in [-0.05, 0) is 65.0 Å². The minimum atomic E-state index is -1.44. The maximum Gasteiger partial charge on any atom is 0.396 e. The number of alkyl halides is 1. The minimum Gasteiger partial charge on any atom is -0.435 e. The van der Waals surface area contributed by atoms with E-state index in [1.54, 1.807) is 6.26 Å². The molecule has 39 heavy (non-hydrogen) atoms. The molecular weight excluding hydrogens is 645 g/mol. The molecule has 0 N–H and O–H groups in total. The Hall–Kier alpha value is -0.110. The predicted octanol–water partition coefficient (Wildman–Crippen LogP) is 10.3. The van der Waals surface area contributed by atoms with Crippen LogP contribution in [-0.2, 0) is 27.1 Å². The van der Waals surface area contributed by atoms with Crippen LogP contribution in [0.4, 0.5) is 0 Å². The van der Waals surface area contributed by atoms with Crippen molar-refractivity contribution in [2.45, 2.75) is 85.0 Å². The molecule has 9 heteroatoms. The fraction of sp³-hybridized carbons (Fsp3) is 0.667. The Morgan fingerprint density at radius 3 is 2.00 bits per heavy atom. The van der Waals surface area contributed by atoms with Crippen molar-refractivity contribution >= 4 is 39.8 Å². The van der Waals surface area contributed by atoms with Crippen LogP contribution in [0.5, 0.6) is 0 Å². The molecule has 2 aliphatic heterocycles. The van der Waals surface area contributed by atoms with Crippen LogP contribution in [-0.4, -0.2) is 36.5 Å². The Morgan fingerprint density at radius 2 is 1.51 bits per heavy atom. The van der Waals surface area contributed by atoms with Crippen molar-refractivity contribution in [2.75, 3.05) is 33.0 Å². The van der Waals surface area contributed by atoms with Crippen molar-refractivity contribution in [3.8, 4) is 0 Å². The topological polar surface area (TPSA) is 55.4 Å². The van der Waals surface area contributed by atoms with Gasteiger partial charge in [0.25, 0.3) is 0 Å². The molecule has 222 valence electrons. The molecule has 2 aliphatic rings. The summed E-state index contributed by atoms with van der Waals surface area (Å²) in [5.41, 5.74) is 5.97. The van der Waals surface area contributed by atoms with Gasteiger partial charge in [-0.2, -0.15) is 0 Å². The minimum absolute atomic E-state index is 0.0387. The molecule has 0 saturated carbocycles. The molecule has 1 unspecified atom stereocenters. The summed E-state index contributed by atoms with van der Waals surface area (Å²) in [5.74, 6) is 0. The summed E-state index contributed by atoms with van der Waals surface area (Å²) in [6.07, 6.45) is 10.8. The van der Waals surface area contributed by atoms with Gasteiger partial charge in [-0.3, -0.25) is 0 Å². The highest BCUT2D eigenvalue weighted by Gasteiger charge is 2.44. The molecule has 0 aromatic carbocycles. The van der Waals surface area contributed by atoms with Crippen molar-refractivity contribution in [1.29, 1.82) is 0 Å². The summed E-state index contributed by atoms with van der Waals surface area (Å²) in [6, 6.07) is 0. The highest BCUT2D eigenvalue weighted by molar-refractivity contribution is 14.1. The molecule has 2 fully saturated rings. The lowest BCUT2D eigenvalue weighted by Crippen LogP contribution is -2.44. The fourth-order valence-electron chi connectivity index (χ4n) is 4.27. The lowest BCUT2D eigenvalue weighted by Gasteiger charge is -2.41. The normalized spacial score (nSPS) is 26.8. The third-order valence-corrected chi connectivity index (χ3v) is 10.9. The summed E-state index contributed by atoms with van der Waals surface area (Å²) in [7, 11) is -2.88. The zero-order chi connectivity index (χ0) is 29.3. The Balaban J connectivity index is 1.93. The highest BCUT2D eigenvalue weighted by atomic mass is 127. The molecule has 1 spiro atoms. The zero-order valence-electron chi connectivity index (χ0n) is 25.4. The summed E-state index contributed by atoms with van der Waals surface area (Å²) in [4.78, 5) is 0. The number of hydrogen-bond donors (Lipinski definition) is 0. The summed E-state index contributed by atoms with van der Waals surface area (Å²) < 4.78 is 36.1. The molecule has 0 aliphatic carbocycles. The summed E-state index contributed by atoms with van der Waals surface area (Å²) in [6.45, 7) is 25.9. The van der Waals surface area contributed by atoms with Crippen LogP contribution >= 0.6 is 39.8 Å². The third-order valence-electron chi connectivity index (χ3n) is 7.75. The van der Waals surface area contributed by atoms with Gasteiger partial charge in [-0.15, -0.1) is 6.58 Å². The fourth-order valence-corrected chi connectivity index (χ4v) is 7.49. The quantitative estimate of drug-likeness (QED) is 0.0478. The van der Waals surface area contributed by atoms with Gasteiger partial charge in [0.2, 0.25) is 0 Å². The highest BCUT2D eigenvalue weighted by Crippen LogP contribution is 2.53. The molecular formula is C30H49IO6P2. The third kappa shape index (κ3) is 9.99. The average molecular weight is 695 g/mol. The molecule has 6 nitrogen and oxygen atoms in total. The maximum atomic E-state index is 6.16. The van der Waals surface area contributed by atoms with E-state index in [4.69, 9.17) is 27.1 Å². The van der Waals surface area contributed by atoms with Crippen LogP contribution in [0.1, 0.15) is 81.6 Å². The SMILES string of the molecule is C=CCC(C)(I)/C(=C\OP1OCC2(CO1)COP(OCC(/C=C\CC)=C(/C)C(C)(C)C(C)=C(C)C)OC2)CC. The van der Waals surface area contributed by atoms with Gasteiger partial charge < -0.3 is 27.1 Å². The lowest BCUT2D eigenvalue weighted by atomic mass is 9.75. The monoisotopic (exact) mass is 694 g/mol. The van der Waals surface area contributed by atoms with Gasteiger partial charge in [0.1, 0.15) is 0 Å². The molecule has 0 aromatic heterocycles. The molecule has 0 bridgehead atoms. The molecule has 2 rings (SSSR count). The van der Waals surface area contributed by atoms with Gasteiger partial charge in [0.05, 0.1) is 44.7 Å². The van der Waals surface area contributed by atoms with E-state index < -0.39 is 17.2 Å². The van der Waals surface area contributed by atoms with Gasteiger partial charge in [-0.25, -0.2) is 0 Å². The van der Waals surface area contributed by atoms with Gasteiger partial charge in [0, 0.05) is 8.84 Å². The molecule has 0 radical (unpaired) electrons. The van der Waals surface area contributed by atoms with Gasteiger partial charge >= 0.3 is 17.2 Å². The van der Waals surface area contributed by atoms with Crippen molar-refractivity contribution in [3.63, 3.8) is 0 Å². The standard InChI is InChI=1S/C30H49IO6P2/c1-11-14-15-26(25(7)28(8,9)24(6)23(4)5)17-32-38-34-19-30(20-35-38)21-36-39(37-22-30)33-18-27(13-3)29(10,31)16-12-2/h12,14-15,18H,2,11,13,16-17,19-22H2,1,3-10H3/b15-14-,26-25-,27-18-. The Morgan fingerprint density at radius 1 is 0.949 bits per heavy atom. The second-order valence-corrected chi connectivity index (χ2v) is 16.1. The molecule has 2 saturated heterocycles. The van der Waals surface area contributed by atoms with E-state index >= 15 is 0 Å². The van der Waals surface area contributed by atoms with Crippen molar-refractivity contribution in [2.24, 2.45) is 10.8 Å². The van der Waals surface area contributed by atoms with E-state index in [-0.39, 0.29) is 14.3 Å². The van der Waals surface area contributed by atoms with Crippen LogP contribution in [0.3, 0.4) is 0 Å². The first-order valence-corrected chi connectivity index (χ1v) is 17.0. The lowest BCUT2D eigenvalue weighted by molar-refractivity contribution is -0.0727. The molecule has 1 atom stereocenters. The van der Waals surface area contributed by atoms with Crippen LogP contribution in [0, 0.1) is 10.8 Å².